The lowest BCUT2D eigenvalue weighted by atomic mass is 10.2. The van der Waals surface area contributed by atoms with E-state index in [9.17, 15) is 4.79 Å². The maximum absolute atomic E-state index is 13.0. The van der Waals surface area contributed by atoms with Crippen molar-refractivity contribution in [1.29, 1.82) is 0 Å². The van der Waals surface area contributed by atoms with Gasteiger partial charge in [0.15, 0.2) is 5.16 Å². The first-order valence-corrected chi connectivity index (χ1v) is 11.5. The molecular weight excluding hydrogens is 420 g/mol. The Morgan fingerprint density at radius 3 is 2.77 bits per heavy atom. The number of aromatic nitrogens is 4. The van der Waals surface area contributed by atoms with Gasteiger partial charge in [0.05, 0.1) is 23.3 Å². The van der Waals surface area contributed by atoms with Crippen LogP contribution >= 0.6 is 23.1 Å². The Labute approximate surface area is 182 Å². The maximum Gasteiger partial charge on any atom is 0.263 e. The van der Waals surface area contributed by atoms with Crippen LogP contribution in [0.5, 0.6) is 5.75 Å². The predicted octanol–water partition coefficient (Wildman–Crippen LogP) is 4.84. The molecule has 7 nitrogen and oxygen atoms in total. The highest BCUT2D eigenvalue weighted by Gasteiger charge is 2.18. The quantitative estimate of drug-likeness (QED) is 0.299. The zero-order valence-electron chi connectivity index (χ0n) is 17.3. The molecule has 0 bridgehead atoms. The molecule has 0 N–H and O–H groups in total. The van der Waals surface area contributed by atoms with Crippen molar-refractivity contribution in [3.8, 4) is 17.1 Å². The van der Waals surface area contributed by atoms with Gasteiger partial charge >= 0.3 is 0 Å². The van der Waals surface area contributed by atoms with Crippen molar-refractivity contribution >= 4 is 33.3 Å². The summed E-state index contributed by atoms with van der Waals surface area (Å²) in [6.45, 7) is 8.98. The van der Waals surface area contributed by atoms with E-state index in [2.05, 4.69) is 10.1 Å². The minimum absolute atomic E-state index is 0.00344. The van der Waals surface area contributed by atoms with Crippen LogP contribution in [0.4, 0.5) is 0 Å². The fourth-order valence-corrected chi connectivity index (χ4v) is 5.15. The molecule has 0 fully saturated rings. The number of hydrogen-bond acceptors (Lipinski definition) is 8. The largest absolute Gasteiger partial charge is 0.493 e. The van der Waals surface area contributed by atoms with Crippen LogP contribution in [0, 0.1) is 13.8 Å². The molecule has 0 aliphatic heterocycles. The van der Waals surface area contributed by atoms with Crippen LogP contribution in [0.3, 0.4) is 0 Å². The van der Waals surface area contributed by atoms with Crippen molar-refractivity contribution in [2.24, 2.45) is 0 Å². The molecule has 1 aromatic carbocycles. The highest BCUT2D eigenvalue weighted by molar-refractivity contribution is 7.98. The molecule has 0 saturated heterocycles. The highest BCUT2D eigenvalue weighted by Crippen LogP contribution is 2.31. The van der Waals surface area contributed by atoms with E-state index in [-0.39, 0.29) is 5.56 Å². The molecule has 30 heavy (non-hydrogen) atoms. The van der Waals surface area contributed by atoms with Crippen molar-refractivity contribution in [1.82, 2.24) is 19.7 Å². The number of hydrogen-bond donors (Lipinski definition) is 0. The van der Waals surface area contributed by atoms with Gasteiger partial charge in [0.2, 0.25) is 11.7 Å². The number of benzene rings is 1. The number of aryl methyl sites for hydroxylation is 2. The van der Waals surface area contributed by atoms with E-state index in [1.807, 2.05) is 52.0 Å². The van der Waals surface area contributed by atoms with Gasteiger partial charge in [-0.15, -0.1) is 11.3 Å². The lowest BCUT2D eigenvalue weighted by Gasteiger charge is -2.08. The van der Waals surface area contributed by atoms with E-state index in [4.69, 9.17) is 14.2 Å². The second kappa shape index (κ2) is 8.61. The van der Waals surface area contributed by atoms with Crippen LogP contribution in [0.1, 0.15) is 30.2 Å². The number of rotatable bonds is 7. The molecule has 4 aromatic rings. The van der Waals surface area contributed by atoms with Gasteiger partial charge in [-0.3, -0.25) is 9.36 Å². The molecule has 3 aromatic heterocycles. The fraction of sp³-hybridized carbons (Fsp3) is 0.333. The molecule has 0 saturated carbocycles. The van der Waals surface area contributed by atoms with Gasteiger partial charge in [0, 0.05) is 11.4 Å². The monoisotopic (exact) mass is 442 g/mol. The molecule has 0 amide bonds. The first kappa shape index (κ1) is 20.6. The summed E-state index contributed by atoms with van der Waals surface area (Å²) >= 11 is 2.98. The van der Waals surface area contributed by atoms with Gasteiger partial charge in [-0.1, -0.05) is 29.1 Å². The van der Waals surface area contributed by atoms with Gasteiger partial charge in [0.1, 0.15) is 10.6 Å². The standard InChI is InChI=1S/C21H22N4O3S2/c1-5-25-20(26)17-12(3)13(4)30-19(17)23-21(25)29-11-16-22-18(24-28-16)14-9-7-8-10-15(14)27-6-2/h7-10H,5-6,11H2,1-4H3. The number of fused-ring (bicyclic) bond motifs is 1. The molecule has 0 atom stereocenters. The summed E-state index contributed by atoms with van der Waals surface area (Å²) in [5.74, 6) is 2.09. The Kier molecular flexibility index (Phi) is 5.92. The summed E-state index contributed by atoms with van der Waals surface area (Å²) in [5, 5.41) is 5.48. The number of para-hydroxylation sites is 1. The average molecular weight is 443 g/mol. The molecule has 4 rings (SSSR count). The van der Waals surface area contributed by atoms with Gasteiger partial charge in [0.25, 0.3) is 5.56 Å². The lowest BCUT2D eigenvalue weighted by molar-refractivity contribution is 0.341. The minimum Gasteiger partial charge on any atom is -0.493 e. The first-order valence-electron chi connectivity index (χ1n) is 9.71. The molecular formula is C21H22N4O3S2. The van der Waals surface area contributed by atoms with Crippen molar-refractivity contribution in [2.45, 2.75) is 45.1 Å². The number of ether oxygens (including phenoxy) is 1. The first-order chi connectivity index (χ1) is 14.5. The molecule has 0 spiro atoms. The third-order valence-electron chi connectivity index (χ3n) is 4.79. The lowest BCUT2D eigenvalue weighted by Crippen LogP contribution is -2.22. The molecule has 0 aliphatic carbocycles. The van der Waals surface area contributed by atoms with Crippen molar-refractivity contribution in [3.05, 3.63) is 51.0 Å². The van der Waals surface area contributed by atoms with Crippen LogP contribution in [-0.2, 0) is 12.3 Å². The van der Waals surface area contributed by atoms with E-state index >= 15 is 0 Å². The molecule has 156 valence electrons. The van der Waals surface area contributed by atoms with Crippen molar-refractivity contribution in [2.75, 3.05) is 6.61 Å². The summed E-state index contributed by atoms with van der Waals surface area (Å²) in [6.07, 6.45) is 0. The van der Waals surface area contributed by atoms with Crippen molar-refractivity contribution in [3.63, 3.8) is 0 Å². The van der Waals surface area contributed by atoms with Gasteiger partial charge in [-0.05, 0) is 45.4 Å². The molecule has 0 aliphatic rings. The van der Waals surface area contributed by atoms with Gasteiger partial charge in [-0.2, -0.15) is 4.98 Å². The molecule has 9 heteroatoms. The Bertz CT molecular complexity index is 1260. The Morgan fingerprint density at radius 1 is 1.20 bits per heavy atom. The smallest absolute Gasteiger partial charge is 0.263 e. The molecule has 0 unspecified atom stereocenters. The zero-order valence-corrected chi connectivity index (χ0v) is 18.9. The Morgan fingerprint density at radius 2 is 2.00 bits per heavy atom. The topological polar surface area (TPSA) is 83.0 Å². The molecule has 0 radical (unpaired) electrons. The third-order valence-corrected chi connectivity index (χ3v) is 6.85. The highest BCUT2D eigenvalue weighted by atomic mass is 32.2. The summed E-state index contributed by atoms with van der Waals surface area (Å²) in [7, 11) is 0. The zero-order chi connectivity index (χ0) is 21.3. The van der Waals surface area contributed by atoms with Gasteiger partial charge in [-0.25, -0.2) is 4.98 Å². The van der Waals surface area contributed by atoms with Crippen molar-refractivity contribution < 1.29 is 9.26 Å². The van der Waals surface area contributed by atoms with Crippen LogP contribution in [0.25, 0.3) is 21.6 Å². The normalized spacial score (nSPS) is 11.3. The predicted molar refractivity (Wildman–Crippen MR) is 119 cm³/mol. The number of thiophene rings is 1. The third kappa shape index (κ3) is 3.75. The average Bonchev–Trinajstić information content (AvgIpc) is 3.32. The number of thioether (sulfide) groups is 1. The number of nitrogens with zero attached hydrogens (tertiary/aromatic N) is 4. The van der Waals surface area contributed by atoms with E-state index in [1.54, 1.807) is 15.9 Å². The summed E-state index contributed by atoms with van der Waals surface area (Å²) < 4.78 is 12.8. The van der Waals surface area contributed by atoms with E-state index in [0.717, 1.165) is 32.0 Å². The van der Waals surface area contributed by atoms with Crippen LogP contribution in [-0.4, -0.2) is 26.3 Å². The fourth-order valence-electron chi connectivity index (χ4n) is 3.18. The summed E-state index contributed by atoms with van der Waals surface area (Å²) in [5.41, 5.74) is 1.80. The van der Waals surface area contributed by atoms with E-state index < -0.39 is 0 Å². The van der Waals surface area contributed by atoms with E-state index in [1.165, 1.54) is 11.8 Å². The Balaban J connectivity index is 1.61. The maximum atomic E-state index is 13.0. The van der Waals surface area contributed by atoms with Gasteiger partial charge < -0.3 is 9.26 Å². The van der Waals surface area contributed by atoms with Crippen LogP contribution < -0.4 is 10.3 Å². The summed E-state index contributed by atoms with van der Waals surface area (Å²) in [4.78, 5) is 24.1. The Hall–Kier alpha value is -2.65. The van der Waals surface area contributed by atoms with E-state index in [0.29, 0.717) is 35.8 Å². The van der Waals surface area contributed by atoms with Crippen LogP contribution in [0.2, 0.25) is 0 Å². The SMILES string of the molecule is CCOc1ccccc1-c1noc(CSc2nc3sc(C)c(C)c3c(=O)n2CC)n1. The molecule has 3 heterocycles. The summed E-state index contributed by atoms with van der Waals surface area (Å²) in [6, 6.07) is 7.60. The second-order valence-corrected chi connectivity index (χ2v) is 8.78. The minimum atomic E-state index is 0.00344. The second-order valence-electron chi connectivity index (χ2n) is 6.64. The van der Waals surface area contributed by atoms with Crippen LogP contribution in [0.15, 0.2) is 38.7 Å².